The van der Waals surface area contributed by atoms with Crippen molar-refractivity contribution in [2.45, 2.75) is 12.6 Å². The maximum Gasteiger partial charge on any atom is 0.340 e. The van der Waals surface area contributed by atoms with Gasteiger partial charge in [0.1, 0.15) is 0 Å². The van der Waals surface area contributed by atoms with Gasteiger partial charge < -0.3 is 25.6 Å². The molecule has 1 unspecified atom stereocenters. The van der Waals surface area contributed by atoms with Crippen LogP contribution in [-0.2, 0) is 11.3 Å². The standard InChI is InChI=1S/C18H21N3O6/c1-27-18(24)16-8-14(21(25)26)6-7-17(16)20-9-12-2-4-13(5-3-12)19-10-15(23)11-22/h2-8,15,19-20,22-23H,9-11H2,1H3. The molecule has 0 saturated carbocycles. The number of aliphatic hydroxyl groups excluding tert-OH is 2. The molecule has 0 spiro atoms. The molecule has 4 N–H and O–H groups in total. The summed E-state index contributed by atoms with van der Waals surface area (Å²) in [6.07, 6.45) is -0.828. The van der Waals surface area contributed by atoms with Crippen LogP contribution in [0.1, 0.15) is 15.9 Å². The number of carbonyl (C=O) groups is 1. The number of rotatable bonds is 9. The molecule has 2 rings (SSSR count). The van der Waals surface area contributed by atoms with Gasteiger partial charge in [-0.2, -0.15) is 0 Å². The summed E-state index contributed by atoms with van der Waals surface area (Å²) in [6.45, 7) is 0.313. The van der Waals surface area contributed by atoms with E-state index in [1.807, 2.05) is 24.3 Å². The van der Waals surface area contributed by atoms with Gasteiger partial charge in [-0.15, -0.1) is 0 Å². The van der Waals surface area contributed by atoms with Gasteiger partial charge in [0.05, 0.1) is 30.3 Å². The van der Waals surface area contributed by atoms with Crippen LogP contribution in [0.4, 0.5) is 17.1 Å². The Kier molecular flexibility index (Phi) is 7.09. The minimum Gasteiger partial charge on any atom is -0.465 e. The molecule has 0 saturated heterocycles. The molecule has 0 aliphatic heterocycles. The number of nitrogens with zero attached hydrogens (tertiary/aromatic N) is 1. The Bertz CT molecular complexity index is 794. The molecule has 0 aliphatic carbocycles. The van der Waals surface area contributed by atoms with Crippen LogP contribution in [0.2, 0.25) is 0 Å². The summed E-state index contributed by atoms with van der Waals surface area (Å²) < 4.78 is 4.69. The summed E-state index contributed by atoms with van der Waals surface area (Å²) >= 11 is 0. The summed E-state index contributed by atoms with van der Waals surface area (Å²) in [7, 11) is 1.21. The summed E-state index contributed by atoms with van der Waals surface area (Å²) in [5.41, 5.74) is 2.03. The van der Waals surface area contributed by atoms with Crippen molar-refractivity contribution in [2.75, 3.05) is 30.9 Å². The quantitative estimate of drug-likeness (QED) is 0.296. The Morgan fingerprint density at radius 3 is 2.52 bits per heavy atom. The Labute approximate surface area is 155 Å². The molecule has 0 heterocycles. The second kappa shape index (κ2) is 9.51. The van der Waals surface area contributed by atoms with E-state index in [9.17, 15) is 20.0 Å². The summed E-state index contributed by atoms with van der Waals surface area (Å²) in [4.78, 5) is 22.2. The van der Waals surface area contributed by atoms with Crippen LogP contribution in [0.25, 0.3) is 0 Å². The fourth-order valence-corrected chi connectivity index (χ4v) is 2.32. The highest BCUT2D eigenvalue weighted by Crippen LogP contribution is 2.23. The minimum atomic E-state index is -0.828. The molecule has 1 atom stereocenters. The van der Waals surface area contributed by atoms with Crippen molar-refractivity contribution < 1.29 is 24.7 Å². The first-order chi connectivity index (χ1) is 12.9. The lowest BCUT2D eigenvalue weighted by molar-refractivity contribution is -0.384. The molecule has 0 amide bonds. The predicted molar refractivity (Wildman–Crippen MR) is 99.8 cm³/mol. The van der Waals surface area contributed by atoms with Gasteiger partial charge in [0, 0.05) is 36.6 Å². The number of methoxy groups -OCH3 is 1. The molecule has 2 aromatic carbocycles. The number of ether oxygens (including phenoxy) is 1. The Hall–Kier alpha value is -3.17. The van der Waals surface area contributed by atoms with Crippen molar-refractivity contribution in [3.63, 3.8) is 0 Å². The van der Waals surface area contributed by atoms with Gasteiger partial charge in [-0.3, -0.25) is 10.1 Å². The van der Waals surface area contributed by atoms with Crippen molar-refractivity contribution >= 4 is 23.0 Å². The topological polar surface area (TPSA) is 134 Å². The van der Waals surface area contributed by atoms with E-state index in [1.165, 1.54) is 25.3 Å². The number of nitro groups is 1. The molecule has 0 bridgehead atoms. The Balaban J connectivity index is 2.05. The lowest BCUT2D eigenvalue weighted by Crippen LogP contribution is -2.22. The third-order valence-corrected chi connectivity index (χ3v) is 3.81. The lowest BCUT2D eigenvalue weighted by atomic mass is 10.1. The van der Waals surface area contributed by atoms with E-state index in [1.54, 1.807) is 0 Å². The number of non-ortho nitro benzene ring substituents is 1. The number of nitro benzene ring substituents is 1. The third-order valence-electron chi connectivity index (χ3n) is 3.81. The van der Waals surface area contributed by atoms with Crippen molar-refractivity contribution in [3.8, 4) is 0 Å². The second-order valence-corrected chi connectivity index (χ2v) is 5.75. The monoisotopic (exact) mass is 375 g/mol. The number of carbonyl (C=O) groups excluding carboxylic acids is 1. The molecule has 9 heteroatoms. The van der Waals surface area contributed by atoms with Gasteiger partial charge >= 0.3 is 5.97 Å². The van der Waals surface area contributed by atoms with Gasteiger partial charge in [0.25, 0.3) is 5.69 Å². The zero-order valence-corrected chi connectivity index (χ0v) is 14.7. The molecular formula is C18H21N3O6. The Morgan fingerprint density at radius 2 is 1.93 bits per heavy atom. The minimum absolute atomic E-state index is 0.0861. The largest absolute Gasteiger partial charge is 0.465 e. The van der Waals surface area contributed by atoms with Crippen LogP contribution in [0.15, 0.2) is 42.5 Å². The number of esters is 1. The van der Waals surface area contributed by atoms with E-state index in [0.29, 0.717) is 12.2 Å². The van der Waals surface area contributed by atoms with E-state index < -0.39 is 17.0 Å². The molecular weight excluding hydrogens is 354 g/mol. The molecule has 0 fully saturated rings. The van der Waals surface area contributed by atoms with Crippen molar-refractivity contribution in [1.29, 1.82) is 0 Å². The fourth-order valence-electron chi connectivity index (χ4n) is 2.32. The average molecular weight is 375 g/mol. The van der Waals surface area contributed by atoms with E-state index in [2.05, 4.69) is 15.4 Å². The SMILES string of the molecule is COC(=O)c1cc([N+](=O)[O-])ccc1NCc1ccc(NCC(O)CO)cc1. The highest BCUT2D eigenvalue weighted by atomic mass is 16.6. The van der Waals surface area contributed by atoms with Gasteiger partial charge in [-0.1, -0.05) is 12.1 Å². The number of anilines is 2. The molecule has 27 heavy (non-hydrogen) atoms. The maximum atomic E-state index is 11.9. The van der Waals surface area contributed by atoms with E-state index in [0.717, 1.165) is 11.3 Å². The normalized spacial score (nSPS) is 11.5. The number of nitrogens with one attached hydrogen (secondary N) is 2. The summed E-state index contributed by atoms with van der Waals surface area (Å²) in [6, 6.07) is 11.3. The number of aliphatic hydroxyl groups is 2. The zero-order valence-electron chi connectivity index (χ0n) is 14.7. The van der Waals surface area contributed by atoms with E-state index in [4.69, 9.17) is 5.11 Å². The first-order valence-corrected chi connectivity index (χ1v) is 8.17. The molecule has 9 nitrogen and oxygen atoms in total. The van der Waals surface area contributed by atoms with Crippen LogP contribution in [0.3, 0.4) is 0 Å². The maximum absolute atomic E-state index is 11.9. The first-order valence-electron chi connectivity index (χ1n) is 8.17. The van der Waals surface area contributed by atoms with Crippen molar-refractivity contribution in [3.05, 3.63) is 63.7 Å². The highest BCUT2D eigenvalue weighted by molar-refractivity contribution is 5.96. The van der Waals surface area contributed by atoms with Crippen LogP contribution < -0.4 is 10.6 Å². The molecule has 0 radical (unpaired) electrons. The highest BCUT2D eigenvalue weighted by Gasteiger charge is 2.17. The smallest absolute Gasteiger partial charge is 0.340 e. The van der Waals surface area contributed by atoms with Gasteiger partial charge in [-0.25, -0.2) is 4.79 Å². The van der Waals surface area contributed by atoms with Crippen LogP contribution >= 0.6 is 0 Å². The number of hydrogen-bond acceptors (Lipinski definition) is 8. The van der Waals surface area contributed by atoms with Crippen molar-refractivity contribution in [2.24, 2.45) is 0 Å². The molecule has 0 aromatic heterocycles. The van der Waals surface area contributed by atoms with Gasteiger partial charge in [-0.05, 0) is 23.8 Å². The second-order valence-electron chi connectivity index (χ2n) is 5.75. The predicted octanol–water partition coefficient (Wildman–Crippen LogP) is 1.76. The third kappa shape index (κ3) is 5.66. The lowest BCUT2D eigenvalue weighted by Gasteiger charge is -2.12. The Morgan fingerprint density at radius 1 is 1.22 bits per heavy atom. The molecule has 0 aliphatic rings. The fraction of sp³-hybridized carbons (Fsp3) is 0.278. The number of hydrogen-bond donors (Lipinski definition) is 4. The van der Waals surface area contributed by atoms with Crippen LogP contribution in [0, 0.1) is 10.1 Å². The van der Waals surface area contributed by atoms with Crippen LogP contribution in [0.5, 0.6) is 0 Å². The van der Waals surface area contributed by atoms with Gasteiger partial charge in [0.2, 0.25) is 0 Å². The summed E-state index contributed by atoms with van der Waals surface area (Å²) in [5, 5.41) is 35.1. The summed E-state index contributed by atoms with van der Waals surface area (Å²) in [5.74, 6) is -0.664. The first kappa shape index (κ1) is 20.1. The van der Waals surface area contributed by atoms with Crippen LogP contribution in [-0.4, -0.2) is 47.5 Å². The zero-order chi connectivity index (χ0) is 19.8. The molecule has 2 aromatic rings. The van der Waals surface area contributed by atoms with Crippen molar-refractivity contribution in [1.82, 2.24) is 0 Å². The number of benzene rings is 2. The molecule has 144 valence electrons. The van der Waals surface area contributed by atoms with Gasteiger partial charge in [0.15, 0.2) is 0 Å². The average Bonchev–Trinajstić information content (AvgIpc) is 2.70. The van der Waals surface area contributed by atoms with E-state index in [-0.39, 0.29) is 24.4 Å². The van der Waals surface area contributed by atoms with E-state index >= 15 is 0 Å².